The number of aromatic nitrogens is 2. The van der Waals surface area contributed by atoms with Crippen molar-refractivity contribution in [3.8, 4) is 11.5 Å². The lowest BCUT2D eigenvalue weighted by atomic mass is 10.0. The minimum atomic E-state index is -1.29. The fourth-order valence-electron chi connectivity index (χ4n) is 9.70. The lowest BCUT2D eigenvalue weighted by molar-refractivity contribution is 0.0662. The zero-order chi connectivity index (χ0) is 45.9. The average Bonchev–Trinajstić information content (AvgIpc) is 3.80. The number of carbonyl (C=O) groups excluding carboxylic acids is 4. The van der Waals surface area contributed by atoms with Gasteiger partial charge < -0.3 is 50.4 Å². The number of nitrogens with one attached hydrogen (secondary N) is 4. The molecule has 0 radical (unpaired) electrons. The Morgan fingerprint density at radius 1 is 0.656 bits per heavy atom. The summed E-state index contributed by atoms with van der Waals surface area (Å²) in [7, 11) is 0. The van der Waals surface area contributed by atoms with Crippen molar-refractivity contribution in [2.24, 2.45) is 0 Å². The Labute approximate surface area is 362 Å². The Bertz CT molecular complexity index is 2760. The molecule has 0 saturated heterocycles. The van der Waals surface area contributed by atoms with Gasteiger partial charge in [-0.1, -0.05) is 38.1 Å². The maximum Gasteiger partial charge on any atom is 0.274 e. The van der Waals surface area contributed by atoms with Crippen LogP contribution in [-0.2, 0) is 19.5 Å². The first-order valence-electron chi connectivity index (χ1n) is 21.2. The highest BCUT2D eigenvalue weighted by Crippen LogP contribution is 2.44. The van der Waals surface area contributed by atoms with Gasteiger partial charge in [-0.15, -0.1) is 0 Å². The molecule has 8 rings (SSSR count). The van der Waals surface area contributed by atoms with E-state index in [1.807, 2.05) is 6.92 Å². The molecule has 0 fully saturated rings. The highest BCUT2D eigenvalue weighted by Gasteiger charge is 2.46. The van der Waals surface area contributed by atoms with Crippen molar-refractivity contribution < 1.29 is 47.0 Å². The van der Waals surface area contributed by atoms with Crippen molar-refractivity contribution in [2.75, 3.05) is 39.3 Å². The van der Waals surface area contributed by atoms with Crippen molar-refractivity contribution in [1.29, 1.82) is 0 Å². The number of nitrogens with zero attached hydrogens (tertiary/aromatic N) is 4. The molecular weight excluding hydrogens is 845 g/mol. The Morgan fingerprint density at radius 3 is 1.64 bits per heavy atom. The van der Waals surface area contributed by atoms with Crippen LogP contribution in [0.4, 0.5) is 17.6 Å². The lowest BCUT2D eigenvalue weighted by Gasteiger charge is -2.34. The van der Waals surface area contributed by atoms with E-state index in [9.17, 15) is 47.8 Å². The number of carbonyl (C=O) groups is 4. The molecule has 16 nitrogen and oxygen atoms in total. The molecule has 4 atom stereocenters. The van der Waals surface area contributed by atoms with E-state index in [4.69, 9.17) is 0 Å². The number of hydrogen-bond acceptors (Lipinski definition) is 10. The van der Waals surface area contributed by atoms with Crippen LogP contribution in [-0.4, -0.2) is 92.0 Å². The van der Waals surface area contributed by atoms with Crippen LogP contribution >= 0.6 is 0 Å². The molecule has 2 aromatic heterocycles. The topological polar surface area (TPSA) is 207 Å². The Morgan fingerprint density at radius 2 is 1.12 bits per heavy atom. The fraction of sp³-hybridized carbons (Fsp3) is 0.409. The van der Waals surface area contributed by atoms with Gasteiger partial charge in [-0.2, -0.15) is 0 Å². The number of amides is 4. The molecule has 4 aromatic rings. The van der Waals surface area contributed by atoms with E-state index >= 15 is 8.78 Å². The Kier molecular flexibility index (Phi) is 11.9. The molecule has 6 N–H and O–H groups in total. The number of aromatic hydroxyl groups is 2. The quantitative estimate of drug-likeness (QED) is 0.102. The maximum absolute atomic E-state index is 15.7. The average molecular weight is 891 g/mol. The van der Waals surface area contributed by atoms with Gasteiger partial charge in [0.2, 0.25) is 10.9 Å². The number of pyridine rings is 2. The van der Waals surface area contributed by atoms with Crippen molar-refractivity contribution in [1.82, 2.24) is 40.2 Å². The number of likely N-dealkylation sites (N-methyl/N-ethyl adjacent to an activating group) is 1. The summed E-state index contributed by atoms with van der Waals surface area (Å²) in [4.78, 5) is 84.4. The van der Waals surface area contributed by atoms with E-state index in [-0.39, 0.29) is 71.4 Å². The van der Waals surface area contributed by atoms with Crippen LogP contribution in [0.1, 0.15) is 128 Å². The number of rotatable bonds is 14. The lowest BCUT2D eigenvalue weighted by Crippen LogP contribution is -2.45. The third kappa shape index (κ3) is 7.17. The van der Waals surface area contributed by atoms with Gasteiger partial charge in [-0.3, -0.25) is 28.8 Å². The van der Waals surface area contributed by atoms with Crippen LogP contribution in [0.2, 0.25) is 0 Å². The van der Waals surface area contributed by atoms with Crippen LogP contribution in [0.5, 0.6) is 11.5 Å². The van der Waals surface area contributed by atoms with Gasteiger partial charge in [0.05, 0.1) is 35.6 Å². The highest BCUT2D eigenvalue weighted by molar-refractivity contribution is 6.01. The molecule has 0 aliphatic carbocycles. The van der Waals surface area contributed by atoms with E-state index < -0.39 is 112 Å². The number of benzene rings is 2. The van der Waals surface area contributed by atoms with Crippen LogP contribution < -0.4 is 32.1 Å². The summed E-state index contributed by atoms with van der Waals surface area (Å²) in [5.41, 5.74) is -3.83. The Hall–Kier alpha value is -6.54. The van der Waals surface area contributed by atoms with E-state index in [2.05, 4.69) is 21.3 Å². The third-order valence-electron chi connectivity index (χ3n) is 12.6. The summed E-state index contributed by atoms with van der Waals surface area (Å²) in [6.07, 6.45) is 0.517. The summed E-state index contributed by atoms with van der Waals surface area (Å²) in [5, 5.41) is 33.5. The van der Waals surface area contributed by atoms with Crippen molar-refractivity contribution in [3.63, 3.8) is 0 Å². The molecule has 0 bridgehead atoms. The van der Waals surface area contributed by atoms with Gasteiger partial charge in [0.15, 0.2) is 46.2 Å². The maximum atomic E-state index is 15.7. The molecular formula is C44H46F4N8O8. The summed E-state index contributed by atoms with van der Waals surface area (Å²) >= 11 is 0. The number of halogens is 4. The molecule has 20 heteroatoms. The van der Waals surface area contributed by atoms with E-state index in [0.717, 1.165) is 6.07 Å². The summed E-state index contributed by atoms with van der Waals surface area (Å²) in [6.45, 7) is 5.78. The zero-order valence-electron chi connectivity index (χ0n) is 35.1. The Balaban J connectivity index is 0.994. The van der Waals surface area contributed by atoms with E-state index in [1.54, 1.807) is 18.4 Å². The molecule has 0 saturated carbocycles. The molecule has 4 aliphatic heterocycles. The van der Waals surface area contributed by atoms with Gasteiger partial charge in [-0.05, 0) is 50.9 Å². The van der Waals surface area contributed by atoms with Crippen LogP contribution in [0.3, 0.4) is 0 Å². The zero-order valence-corrected chi connectivity index (χ0v) is 35.1. The minimum Gasteiger partial charge on any atom is -0.503 e. The summed E-state index contributed by atoms with van der Waals surface area (Å²) in [5.74, 6) is -9.95. The second kappa shape index (κ2) is 17.2. The molecule has 0 spiro atoms. The second-order valence-corrected chi connectivity index (χ2v) is 16.2. The molecule has 4 amide bonds. The predicted octanol–water partition coefficient (Wildman–Crippen LogP) is 3.20. The first-order valence-corrected chi connectivity index (χ1v) is 21.2. The van der Waals surface area contributed by atoms with Crippen LogP contribution in [0.25, 0.3) is 0 Å². The van der Waals surface area contributed by atoms with Gasteiger partial charge in [0.25, 0.3) is 23.6 Å². The highest BCUT2D eigenvalue weighted by atomic mass is 19.2. The van der Waals surface area contributed by atoms with Crippen molar-refractivity contribution in [3.05, 3.63) is 125 Å². The SMILES string of the molecule is CCNC1C[C@@H]2CN(CC)C(=O)c3c(O)c(=O)c(C(=O)NCc4ccc(CCN5C[C@H]6CC(NCC)c7c(C(=O)NCc8cccc(F)c8F)c(=O)c(O)c(n76)C5=O)c(F)c4F)c1n32. The minimum absolute atomic E-state index is 0.0213. The third-order valence-corrected chi connectivity index (χ3v) is 12.6. The van der Waals surface area contributed by atoms with Gasteiger partial charge in [0.1, 0.15) is 11.1 Å². The van der Waals surface area contributed by atoms with E-state index in [0.29, 0.717) is 32.6 Å². The van der Waals surface area contributed by atoms with Gasteiger partial charge >= 0.3 is 0 Å². The molecule has 4 aliphatic rings. The second-order valence-electron chi connectivity index (χ2n) is 16.2. The van der Waals surface area contributed by atoms with Crippen molar-refractivity contribution in [2.45, 2.75) is 77.3 Å². The molecule has 6 heterocycles. The first-order chi connectivity index (χ1) is 30.6. The van der Waals surface area contributed by atoms with Gasteiger partial charge in [-0.25, -0.2) is 17.6 Å². The molecule has 2 unspecified atom stereocenters. The normalized spacial score (nSPS) is 19.5. The number of hydrogen-bond donors (Lipinski definition) is 6. The van der Waals surface area contributed by atoms with Gasteiger partial charge in [0, 0.05) is 50.4 Å². The monoisotopic (exact) mass is 890 g/mol. The van der Waals surface area contributed by atoms with Crippen molar-refractivity contribution >= 4 is 23.6 Å². The van der Waals surface area contributed by atoms with E-state index in [1.165, 1.54) is 38.6 Å². The summed E-state index contributed by atoms with van der Waals surface area (Å²) in [6, 6.07) is 3.96. The first kappa shape index (κ1) is 44.1. The largest absolute Gasteiger partial charge is 0.503 e. The predicted molar refractivity (Wildman–Crippen MR) is 221 cm³/mol. The molecule has 338 valence electrons. The summed E-state index contributed by atoms with van der Waals surface area (Å²) < 4.78 is 62.5. The van der Waals surface area contributed by atoms with Crippen LogP contribution in [0, 0.1) is 23.3 Å². The standard InChI is InChI=1S/C44H46F4N8O8/c1-4-49-26-14-23-18-53(6-3)43(63)35-39(59)37(57)28(33(26)55(23)35)42(62)52-17-22-11-10-20(31(47)32(22)48)12-13-54-19-24-15-27(50-5-2)34-29(38(58)40(60)36(44(54)64)56(24)34)41(61)51-16-21-8-7-9-25(45)30(21)46/h7-11,23-24,26-27,49-50,59-60H,4-6,12-19H2,1-3H3,(H,51,61)(H,52,62)/t23-,24-,26?,27?/m1/s1. The molecule has 64 heavy (non-hydrogen) atoms. The van der Waals surface area contributed by atoms with Crippen LogP contribution in [0.15, 0.2) is 39.9 Å². The molecule has 2 aromatic carbocycles. The fourth-order valence-corrected chi connectivity index (χ4v) is 9.70. The smallest absolute Gasteiger partial charge is 0.274 e.